The van der Waals surface area contributed by atoms with E-state index in [1.165, 1.54) is 17.7 Å². The summed E-state index contributed by atoms with van der Waals surface area (Å²) in [5, 5.41) is 1.34. The first kappa shape index (κ1) is 17.5. The Morgan fingerprint density at radius 2 is 1.92 bits per heavy atom. The Balaban J connectivity index is 1.61. The molecule has 0 aliphatic heterocycles. The van der Waals surface area contributed by atoms with Crippen molar-refractivity contribution < 1.29 is 14.4 Å². The van der Waals surface area contributed by atoms with Crippen molar-refractivity contribution in [2.45, 2.75) is 31.8 Å². The average Bonchev–Trinajstić information content (AvgIpc) is 3.16. The maximum atomic E-state index is 12.3. The predicted molar refractivity (Wildman–Crippen MR) is 97.1 cm³/mol. The number of nitrogens with zero attached hydrogens (tertiary/aromatic N) is 1. The minimum atomic E-state index is 0.0452. The zero-order valence-electron chi connectivity index (χ0n) is 14.9. The number of hydrogen-bond acceptors (Lipinski definition) is 3. The van der Waals surface area contributed by atoms with Crippen LogP contribution >= 0.6 is 0 Å². The van der Waals surface area contributed by atoms with Gasteiger partial charge in [-0.3, -0.25) is 9.63 Å². The maximum Gasteiger partial charge on any atom is 0.248 e. The van der Waals surface area contributed by atoms with Crippen LogP contribution in [0.15, 0.2) is 54.6 Å². The van der Waals surface area contributed by atoms with Gasteiger partial charge in [0.15, 0.2) is 0 Å². The van der Waals surface area contributed by atoms with Gasteiger partial charge in [-0.1, -0.05) is 42.5 Å². The number of carbonyl (C=O) groups is 1. The number of hydroxylamine groups is 2. The molecule has 1 saturated carbocycles. The Hall–Kier alpha value is -2.33. The van der Waals surface area contributed by atoms with Crippen LogP contribution in [-0.2, 0) is 16.2 Å². The van der Waals surface area contributed by atoms with Gasteiger partial charge in [0.1, 0.15) is 12.4 Å². The van der Waals surface area contributed by atoms with Crippen LogP contribution in [-0.4, -0.2) is 25.1 Å². The molecule has 132 valence electrons. The van der Waals surface area contributed by atoms with Crippen molar-refractivity contribution in [2.24, 2.45) is 5.92 Å². The van der Waals surface area contributed by atoms with Gasteiger partial charge in [-0.2, -0.15) is 0 Å². The first-order chi connectivity index (χ1) is 12.2. The molecule has 2 aromatic rings. The van der Waals surface area contributed by atoms with Gasteiger partial charge in [-0.25, -0.2) is 5.06 Å². The molecule has 0 heterocycles. The Bertz CT molecular complexity index is 701. The van der Waals surface area contributed by atoms with Gasteiger partial charge < -0.3 is 4.74 Å². The predicted octanol–water partition coefficient (Wildman–Crippen LogP) is 4.17. The summed E-state index contributed by atoms with van der Waals surface area (Å²) in [4.78, 5) is 17.3. The second-order valence-corrected chi connectivity index (χ2v) is 6.57. The molecule has 0 saturated heterocycles. The first-order valence-corrected chi connectivity index (χ1v) is 8.75. The molecule has 2 unspecified atom stereocenters. The molecule has 1 fully saturated rings. The van der Waals surface area contributed by atoms with Crippen molar-refractivity contribution in [3.8, 4) is 5.75 Å². The molecule has 2 aromatic carbocycles. The van der Waals surface area contributed by atoms with E-state index in [0.29, 0.717) is 12.5 Å². The molecular weight excluding hydrogens is 314 g/mol. The molecule has 3 rings (SSSR count). The highest BCUT2D eigenvalue weighted by Crippen LogP contribution is 2.39. The number of benzene rings is 2. The Labute approximate surface area is 149 Å². The molecule has 0 N–H and O–H groups in total. The van der Waals surface area contributed by atoms with Crippen molar-refractivity contribution in [3.63, 3.8) is 0 Å². The zero-order valence-corrected chi connectivity index (χ0v) is 14.9. The lowest BCUT2D eigenvalue weighted by atomic mass is 9.96. The van der Waals surface area contributed by atoms with Gasteiger partial charge in [0.2, 0.25) is 5.91 Å². The molecule has 1 amide bonds. The Kier molecular flexibility index (Phi) is 5.71. The highest BCUT2D eigenvalue weighted by atomic mass is 16.7. The fraction of sp³-hybridized carbons (Fsp3) is 0.381. The van der Waals surface area contributed by atoms with Crippen LogP contribution in [0.1, 0.15) is 36.3 Å². The third-order valence-corrected chi connectivity index (χ3v) is 4.94. The van der Waals surface area contributed by atoms with E-state index in [1.54, 1.807) is 7.05 Å². The minimum absolute atomic E-state index is 0.0452. The third kappa shape index (κ3) is 4.40. The van der Waals surface area contributed by atoms with Crippen molar-refractivity contribution in [3.05, 3.63) is 65.7 Å². The molecule has 0 aromatic heterocycles. The zero-order chi connectivity index (χ0) is 17.6. The van der Waals surface area contributed by atoms with Gasteiger partial charge in [0.25, 0.3) is 0 Å². The fourth-order valence-electron chi connectivity index (χ4n) is 3.45. The first-order valence-electron chi connectivity index (χ1n) is 8.75. The number of hydrogen-bond donors (Lipinski definition) is 0. The van der Waals surface area contributed by atoms with E-state index in [4.69, 9.17) is 9.57 Å². The van der Waals surface area contributed by atoms with E-state index in [1.807, 2.05) is 30.3 Å². The second-order valence-electron chi connectivity index (χ2n) is 6.57. The highest BCUT2D eigenvalue weighted by Gasteiger charge is 2.32. The summed E-state index contributed by atoms with van der Waals surface area (Å²) in [6, 6.07) is 18.4. The molecule has 0 spiro atoms. The van der Waals surface area contributed by atoms with Crippen LogP contribution in [0.3, 0.4) is 0 Å². The van der Waals surface area contributed by atoms with E-state index in [0.717, 1.165) is 30.6 Å². The quantitative estimate of drug-likeness (QED) is 0.742. The van der Waals surface area contributed by atoms with Crippen molar-refractivity contribution in [1.29, 1.82) is 0 Å². The normalized spacial score (nSPS) is 19.6. The number of ether oxygens (including phenoxy) is 1. The summed E-state index contributed by atoms with van der Waals surface area (Å²) in [7, 11) is 3.20. The van der Waals surface area contributed by atoms with Crippen LogP contribution in [0, 0.1) is 5.92 Å². The third-order valence-electron chi connectivity index (χ3n) is 4.94. The van der Waals surface area contributed by atoms with Gasteiger partial charge in [-0.15, -0.1) is 0 Å². The van der Waals surface area contributed by atoms with E-state index in [9.17, 15) is 4.79 Å². The van der Waals surface area contributed by atoms with E-state index in [2.05, 4.69) is 24.3 Å². The lowest BCUT2D eigenvalue weighted by Gasteiger charge is -2.18. The van der Waals surface area contributed by atoms with Crippen LogP contribution in [0.5, 0.6) is 5.75 Å². The summed E-state index contributed by atoms with van der Waals surface area (Å²) < 4.78 is 5.93. The SMILES string of the molecule is CON(C)C(=O)C1CCC(c2cccc(OCc3ccccc3)c2)C1. The lowest BCUT2D eigenvalue weighted by molar-refractivity contribution is -0.173. The van der Waals surface area contributed by atoms with Crippen LogP contribution in [0.2, 0.25) is 0 Å². The molecule has 25 heavy (non-hydrogen) atoms. The number of amides is 1. The molecule has 0 radical (unpaired) electrons. The molecule has 4 nitrogen and oxygen atoms in total. The van der Waals surface area contributed by atoms with Gasteiger partial charge >= 0.3 is 0 Å². The highest BCUT2D eigenvalue weighted by molar-refractivity contribution is 5.78. The number of carbonyl (C=O) groups excluding carboxylic acids is 1. The van der Waals surface area contributed by atoms with Crippen LogP contribution in [0.4, 0.5) is 0 Å². The van der Waals surface area contributed by atoms with Gasteiger partial charge in [-0.05, 0) is 48.4 Å². The van der Waals surface area contributed by atoms with E-state index in [-0.39, 0.29) is 11.8 Å². The number of rotatable bonds is 6. The molecular formula is C21H25NO3. The summed E-state index contributed by atoms with van der Waals surface area (Å²) in [6.45, 7) is 0.564. The molecule has 0 bridgehead atoms. The summed E-state index contributed by atoms with van der Waals surface area (Å²) >= 11 is 0. The fourth-order valence-corrected chi connectivity index (χ4v) is 3.45. The smallest absolute Gasteiger partial charge is 0.248 e. The van der Waals surface area contributed by atoms with Crippen LogP contribution < -0.4 is 4.74 Å². The Morgan fingerprint density at radius 3 is 2.68 bits per heavy atom. The molecule has 1 aliphatic rings. The molecule has 2 atom stereocenters. The second kappa shape index (κ2) is 8.17. The summed E-state index contributed by atoms with van der Waals surface area (Å²) in [6.07, 6.45) is 2.80. The van der Waals surface area contributed by atoms with Crippen molar-refractivity contribution in [2.75, 3.05) is 14.2 Å². The lowest BCUT2D eigenvalue weighted by Crippen LogP contribution is -2.30. The summed E-state index contributed by atoms with van der Waals surface area (Å²) in [5.74, 6) is 1.40. The van der Waals surface area contributed by atoms with Gasteiger partial charge in [0, 0.05) is 13.0 Å². The minimum Gasteiger partial charge on any atom is -0.489 e. The maximum absolute atomic E-state index is 12.3. The molecule has 4 heteroatoms. The standard InChI is InChI=1S/C21H25NO3/c1-22(24-2)21(23)19-12-11-18(13-19)17-9-6-10-20(14-17)25-15-16-7-4-3-5-8-16/h3-10,14,18-19H,11-13,15H2,1-2H3. The monoisotopic (exact) mass is 339 g/mol. The van der Waals surface area contributed by atoms with Gasteiger partial charge in [0.05, 0.1) is 7.11 Å². The van der Waals surface area contributed by atoms with Crippen molar-refractivity contribution in [1.82, 2.24) is 5.06 Å². The van der Waals surface area contributed by atoms with E-state index >= 15 is 0 Å². The average molecular weight is 339 g/mol. The van der Waals surface area contributed by atoms with E-state index < -0.39 is 0 Å². The summed E-state index contributed by atoms with van der Waals surface area (Å²) in [5.41, 5.74) is 2.41. The topological polar surface area (TPSA) is 38.8 Å². The van der Waals surface area contributed by atoms with Crippen LogP contribution in [0.25, 0.3) is 0 Å². The van der Waals surface area contributed by atoms with Crippen molar-refractivity contribution >= 4 is 5.91 Å². The Morgan fingerprint density at radius 1 is 1.12 bits per heavy atom. The molecule has 1 aliphatic carbocycles. The largest absolute Gasteiger partial charge is 0.489 e.